The first kappa shape index (κ1) is 7.39. The summed E-state index contributed by atoms with van der Waals surface area (Å²) in [5.74, 6) is 0. The van der Waals surface area contributed by atoms with Gasteiger partial charge >= 0.3 is 0 Å². The minimum absolute atomic E-state index is 1.04. The van der Waals surface area contributed by atoms with E-state index in [0.717, 1.165) is 11.2 Å². The van der Waals surface area contributed by atoms with Gasteiger partial charge in [-0.1, -0.05) is 31.8 Å². The van der Waals surface area contributed by atoms with Crippen LogP contribution in [0.25, 0.3) is 0 Å². The molecule has 0 unspecified atom stereocenters. The van der Waals surface area contributed by atoms with Crippen molar-refractivity contribution in [3.8, 4) is 0 Å². The molecule has 1 aromatic rings. The van der Waals surface area contributed by atoms with Crippen LogP contribution in [0.15, 0.2) is 18.2 Å². The van der Waals surface area contributed by atoms with Gasteiger partial charge in [-0.05, 0) is 11.2 Å². The SMILES string of the molecule is C[B]c1cccc([B]C)n1. The Labute approximate surface area is 63.4 Å². The second-order valence-electron chi connectivity index (χ2n) is 2.06. The van der Waals surface area contributed by atoms with E-state index in [1.54, 1.807) is 0 Å². The fraction of sp³-hybridized carbons (Fsp3) is 0.286. The van der Waals surface area contributed by atoms with Crippen molar-refractivity contribution >= 4 is 25.7 Å². The van der Waals surface area contributed by atoms with E-state index in [2.05, 4.69) is 4.98 Å². The van der Waals surface area contributed by atoms with Crippen LogP contribution in [0.1, 0.15) is 0 Å². The average molecular weight is 129 g/mol. The Kier molecular flexibility index (Phi) is 2.55. The zero-order valence-corrected chi connectivity index (χ0v) is 6.33. The fourth-order valence-electron chi connectivity index (χ4n) is 0.790. The summed E-state index contributed by atoms with van der Waals surface area (Å²) < 4.78 is 0. The molecule has 1 nitrogen and oxygen atoms in total. The van der Waals surface area contributed by atoms with E-state index in [9.17, 15) is 0 Å². The van der Waals surface area contributed by atoms with Gasteiger partial charge in [0.05, 0.1) is 0 Å². The molecule has 1 aromatic heterocycles. The molecule has 0 aliphatic carbocycles. The summed E-state index contributed by atoms with van der Waals surface area (Å²) in [7, 11) is 3.99. The van der Waals surface area contributed by atoms with Gasteiger partial charge in [0.25, 0.3) is 0 Å². The largest absolute Gasteiger partial charge is 0.279 e. The van der Waals surface area contributed by atoms with Crippen molar-refractivity contribution in [3.05, 3.63) is 18.2 Å². The quantitative estimate of drug-likeness (QED) is 0.505. The topological polar surface area (TPSA) is 12.9 Å². The first-order valence-electron chi connectivity index (χ1n) is 3.42. The number of rotatable bonds is 2. The Morgan fingerprint density at radius 2 is 1.60 bits per heavy atom. The van der Waals surface area contributed by atoms with Gasteiger partial charge in [-0.15, -0.1) is 0 Å². The molecule has 0 bridgehead atoms. The maximum Gasteiger partial charge on any atom is 0.174 e. The number of nitrogens with zero attached hydrogens (tertiary/aromatic N) is 1. The van der Waals surface area contributed by atoms with Gasteiger partial charge in [0.2, 0.25) is 0 Å². The monoisotopic (exact) mass is 129 g/mol. The van der Waals surface area contributed by atoms with Crippen molar-refractivity contribution in [1.29, 1.82) is 0 Å². The van der Waals surface area contributed by atoms with Crippen LogP contribution in [0.3, 0.4) is 0 Å². The molecule has 0 N–H and O–H groups in total. The number of aromatic nitrogens is 1. The first-order valence-corrected chi connectivity index (χ1v) is 3.42. The number of hydrogen-bond acceptors (Lipinski definition) is 1. The molecular formula is C7H9B2N. The highest BCUT2D eigenvalue weighted by atomic mass is 14.7. The average Bonchev–Trinajstić information content (AvgIpc) is 2.05. The van der Waals surface area contributed by atoms with Gasteiger partial charge in [0.1, 0.15) is 0 Å². The molecular weight excluding hydrogens is 120 g/mol. The lowest BCUT2D eigenvalue weighted by Gasteiger charge is -1.96. The molecule has 0 spiro atoms. The molecule has 48 valence electrons. The number of hydrogen-bond donors (Lipinski definition) is 0. The Morgan fingerprint density at radius 1 is 1.10 bits per heavy atom. The van der Waals surface area contributed by atoms with Crippen molar-refractivity contribution in [2.75, 3.05) is 0 Å². The van der Waals surface area contributed by atoms with Gasteiger partial charge in [0.15, 0.2) is 14.6 Å². The van der Waals surface area contributed by atoms with Crippen LogP contribution in [0.4, 0.5) is 0 Å². The van der Waals surface area contributed by atoms with Crippen LogP contribution in [0.2, 0.25) is 13.6 Å². The lowest BCUT2D eigenvalue weighted by Crippen LogP contribution is -2.26. The third-order valence-electron chi connectivity index (χ3n) is 1.38. The Hall–Kier alpha value is -0.720. The summed E-state index contributed by atoms with van der Waals surface area (Å²) in [6.45, 7) is 3.98. The molecule has 0 atom stereocenters. The van der Waals surface area contributed by atoms with Crippen molar-refractivity contribution in [2.45, 2.75) is 13.6 Å². The molecule has 1 rings (SSSR count). The molecule has 0 aromatic carbocycles. The minimum atomic E-state index is 1.04. The summed E-state index contributed by atoms with van der Waals surface area (Å²) in [6.07, 6.45) is 0. The molecule has 3 heteroatoms. The van der Waals surface area contributed by atoms with E-state index in [-0.39, 0.29) is 0 Å². The molecule has 0 aliphatic rings. The van der Waals surface area contributed by atoms with E-state index in [1.165, 1.54) is 0 Å². The van der Waals surface area contributed by atoms with E-state index >= 15 is 0 Å². The first-order chi connectivity index (χ1) is 4.86. The standard InChI is InChI=1S/C7H9B2N/c1-8-6-4-3-5-7(9-2)10-6/h3-5H,1-2H3. The van der Waals surface area contributed by atoms with Crippen molar-refractivity contribution < 1.29 is 0 Å². The summed E-state index contributed by atoms with van der Waals surface area (Å²) in [5, 5.41) is 0. The van der Waals surface area contributed by atoms with Crippen LogP contribution >= 0.6 is 0 Å². The summed E-state index contributed by atoms with van der Waals surface area (Å²) >= 11 is 0. The highest BCUT2D eigenvalue weighted by molar-refractivity contribution is 6.53. The van der Waals surface area contributed by atoms with Gasteiger partial charge in [-0.2, -0.15) is 0 Å². The zero-order chi connectivity index (χ0) is 7.40. The Morgan fingerprint density at radius 3 is 2.00 bits per heavy atom. The third-order valence-corrected chi connectivity index (χ3v) is 1.38. The second-order valence-corrected chi connectivity index (χ2v) is 2.06. The van der Waals surface area contributed by atoms with Crippen molar-refractivity contribution in [1.82, 2.24) is 4.98 Å². The lowest BCUT2D eigenvalue weighted by molar-refractivity contribution is 1.44. The third kappa shape index (κ3) is 1.63. The van der Waals surface area contributed by atoms with Crippen LogP contribution in [0.5, 0.6) is 0 Å². The molecule has 0 fully saturated rings. The van der Waals surface area contributed by atoms with Gasteiger partial charge in [0, 0.05) is 0 Å². The van der Waals surface area contributed by atoms with Crippen LogP contribution in [-0.2, 0) is 0 Å². The van der Waals surface area contributed by atoms with Crippen molar-refractivity contribution in [3.63, 3.8) is 0 Å². The Bertz CT molecular complexity index is 193. The molecule has 0 aliphatic heterocycles. The molecule has 2 radical (unpaired) electrons. The van der Waals surface area contributed by atoms with E-state index in [0.29, 0.717) is 0 Å². The van der Waals surface area contributed by atoms with Gasteiger partial charge in [-0.25, -0.2) is 0 Å². The van der Waals surface area contributed by atoms with Gasteiger partial charge < -0.3 is 0 Å². The van der Waals surface area contributed by atoms with Crippen LogP contribution in [-0.4, -0.2) is 19.5 Å². The van der Waals surface area contributed by atoms with E-state index in [4.69, 9.17) is 0 Å². The summed E-state index contributed by atoms with van der Waals surface area (Å²) in [5.41, 5.74) is 2.08. The number of pyridine rings is 1. The highest BCUT2D eigenvalue weighted by Gasteiger charge is 1.92. The second kappa shape index (κ2) is 3.45. The normalized spacial score (nSPS) is 9.00. The van der Waals surface area contributed by atoms with Crippen LogP contribution in [0, 0.1) is 0 Å². The zero-order valence-electron chi connectivity index (χ0n) is 6.33. The van der Waals surface area contributed by atoms with E-state index < -0.39 is 0 Å². The fourth-order valence-corrected chi connectivity index (χ4v) is 0.790. The predicted molar refractivity (Wildman–Crippen MR) is 46.7 cm³/mol. The van der Waals surface area contributed by atoms with E-state index in [1.807, 2.05) is 46.4 Å². The highest BCUT2D eigenvalue weighted by Crippen LogP contribution is 1.73. The minimum Gasteiger partial charge on any atom is -0.279 e. The molecule has 0 saturated heterocycles. The molecule has 10 heavy (non-hydrogen) atoms. The van der Waals surface area contributed by atoms with Crippen molar-refractivity contribution in [2.24, 2.45) is 0 Å². The van der Waals surface area contributed by atoms with Gasteiger partial charge in [-0.3, -0.25) is 4.98 Å². The molecule has 0 saturated carbocycles. The maximum absolute atomic E-state index is 4.30. The Balaban J connectivity index is 2.87. The smallest absolute Gasteiger partial charge is 0.174 e. The molecule has 0 amide bonds. The summed E-state index contributed by atoms with van der Waals surface area (Å²) in [4.78, 5) is 4.30. The lowest BCUT2D eigenvalue weighted by atomic mass is 9.74. The predicted octanol–water partition coefficient (Wildman–Crippen LogP) is -0.163. The molecule has 1 heterocycles. The summed E-state index contributed by atoms with van der Waals surface area (Å²) in [6, 6.07) is 6.00. The van der Waals surface area contributed by atoms with Crippen LogP contribution < -0.4 is 11.2 Å². The maximum atomic E-state index is 4.30.